The summed E-state index contributed by atoms with van der Waals surface area (Å²) in [5.74, 6) is -0.0253. The van der Waals surface area contributed by atoms with Crippen LogP contribution in [0.25, 0.3) is 10.8 Å². The van der Waals surface area contributed by atoms with E-state index < -0.39 is 5.97 Å². The third-order valence-corrected chi connectivity index (χ3v) is 4.18. The zero-order chi connectivity index (χ0) is 15.1. The minimum atomic E-state index is -0.860. The number of nitrogens with zero attached hydrogens (tertiary/aromatic N) is 3. The molecule has 2 aromatic heterocycles. The first-order valence-corrected chi connectivity index (χ1v) is 7.95. The van der Waals surface area contributed by atoms with Gasteiger partial charge in [0, 0.05) is 24.7 Å². The van der Waals surface area contributed by atoms with Crippen LogP contribution in [0.4, 0.5) is 0 Å². The van der Waals surface area contributed by atoms with Crippen LogP contribution < -0.4 is 5.32 Å². The summed E-state index contributed by atoms with van der Waals surface area (Å²) < 4.78 is 0. The van der Waals surface area contributed by atoms with E-state index in [0.29, 0.717) is 28.0 Å². The van der Waals surface area contributed by atoms with E-state index in [1.54, 1.807) is 18.5 Å². The summed E-state index contributed by atoms with van der Waals surface area (Å²) in [5.41, 5.74) is 0. The molecule has 2 rings (SSSR count). The summed E-state index contributed by atoms with van der Waals surface area (Å²) in [4.78, 5) is 34.9. The molecule has 9 heteroatoms. The number of aliphatic carboxylic acids is 1. The lowest BCUT2D eigenvalue weighted by atomic mass is 10.5. The molecule has 0 saturated carbocycles. The highest BCUT2D eigenvalue weighted by Gasteiger charge is 2.12. The lowest BCUT2D eigenvalue weighted by molar-refractivity contribution is -0.133. The molecule has 0 fully saturated rings. The lowest BCUT2D eigenvalue weighted by Crippen LogP contribution is -2.25. The Bertz CT molecular complexity index is 618. The number of carboxylic acid groups (broad SMARTS) is 1. The normalized spacial score (nSPS) is 10.3. The second-order valence-electron chi connectivity index (χ2n) is 3.80. The molecule has 0 aromatic carbocycles. The largest absolute Gasteiger partial charge is 0.481 e. The van der Waals surface area contributed by atoms with Gasteiger partial charge in [-0.2, -0.15) is 0 Å². The molecule has 0 unspecified atom stereocenters. The lowest BCUT2D eigenvalue weighted by Gasteiger charge is -2.01. The molecule has 21 heavy (non-hydrogen) atoms. The average Bonchev–Trinajstić information content (AvgIpc) is 2.97. The third kappa shape index (κ3) is 4.80. The first-order chi connectivity index (χ1) is 10.2. The summed E-state index contributed by atoms with van der Waals surface area (Å²) in [6.45, 7) is 0.409. The smallest absolute Gasteiger partial charge is 0.313 e. The van der Waals surface area contributed by atoms with Crippen molar-refractivity contribution in [3.63, 3.8) is 0 Å². The summed E-state index contributed by atoms with van der Waals surface area (Å²) in [6.07, 6.45) is 4.71. The third-order valence-electron chi connectivity index (χ3n) is 2.24. The molecule has 110 valence electrons. The fourth-order valence-electron chi connectivity index (χ4n) is 1.38. The number of hydrogen-bond acceptors (Lipinski definition) is 7. The Morgan fingerprint density at radius 3 is 2.76 bits per heavy atom. The van der Waals surface area contributed by atoms with Gasteiger partial charge in [0.05, 0.1) is 11.9 Å². The van der Waals surface area contributed by atoms with Crippen LogP contribution >= 0.6 is 23.1 Å². The van der Waals surface area contributed by atoms with Crippen LogP contribution in [0.5, 0.6) is 0 Å². The Balaban J connectivity index is 1.84. The molecule has 1 amide bonds. The summed E-state index contributed by atoms with van der Waals surface area (Å²) in [7, 11) is 0. The Morgan fingerprint density at radius 2 is 2.05 bits per heavy atom. The molecule has 0 bridgehead atoms. The first kappa shape index (κ1) is 15.4. The van der Waals surface area contributed by atoms with Gasteiger partial charge in [0.25, 0.3) is 5.91 Å². The number of thiazole rings is 1. The number of aromatic nitrogens is 3. The SMILES string of the molecule is O=C(O)CSCCNC(=O)c1cnc(-c2ncccn2)s1. The number of thioether (sulfide) groups is 1. The summed E-state index contributed by atoms with van der Waals surface area (Å²) in [5, 5.41) is 11.8. The van der Waals surface area contributed by atoms with Gasteiger partial charge in [-0.15, -0.1) is 23.1 Å². The van der Waals surface area contributed by atoms with Crippen molar-refractivity contribution in [2.75, 3.05) is 18.1 Å². The van der Waals surface area contributed by atoms with E-state index in [4.69, 9.17) is 5.11 Å². The van der Waals surface area contributed by atoms with Gasteiger partial charge in [-0.1, -0.05) is 0 Å². The number of carbonyl (C=O) groups excluding carboxylic acids is 1. The average molecular weight is 324 g/mol. The Hall–Kier alpha value is -2.00. The second-order valence-corrected chi connectivity index (χ2v) is 5.94. The van der Waals surface area contributed by atoms with Gasteiger partial charge >= 0.3 is 5.97 Å². The maximum absolute atomic E-state index is 11.9. The monoisotopic (exact) mass is 324 g/mol. The molecule has 2 aromatic rings. The molecule has 0 aliphatic rings. The quantitative estimate of drug-likeness (QED) is 0.736. The van der Waals surface area contributed by atoms with Crippen molar-refractivity contribution in [3.8, 4) is 10.8 Å². The Kier molecular flexibility index (Phi) is 5.64. The number of carboxylic acids is 1. The zero-order valence-electron chi connectivity index (χ0n) is 10.9. The standard InChI is InChI=1S/C12H12N4O3S2/c17-9(18)7-20-5-4-15-11(19)8-6-16-12(21-8)10-13-2-1-3-14-10/h1-3,6H,4-5,7H2,(H,15,19)(H,17,18). The molecule has 2 N–H and O–H groups in total. The molecule has 0 aliphatic carbocycles. The van der Waals surface area contributed by atoms with Crippen LogP contribution in [0.1, 0.15) is 9.67 Å². The van der Waals surface area contributed by atoms with Crippen molar-refractivity contribution in [1.29, 1.82) is 0 Å². The van der Waals surface area contributed by atoms with E-state index in [1.165, 1.54) is 29.3 Å². The molecule has 7 nitrogen and oxygen atoms in total. The number of carbonyl (C=O) groups is 2. The van der Waals surface area contributed by atoms with Gasteiger partial charge in [-0.25, -0.2) is 15.0 Å². The number of nitrogens with one attached hydrogen (secondary N) is 1. The van der Waals surface area contributed by atoms with Crippen molar-refractivity contribution in [1.82, 2.24) is 20.3 Å². The van der Waals surface area contributed by atoms with E-state index in [0.717, 1.165) is 0 Å². The van der Waals surface area contributed by atoms with E-state index in [9.17, 15) is 9.59 Å². The Labute approximate surface area is 128 Å². The van der Waals surface area contributed by atoms with E-state index >= 15 is 0 Å². The van der Waals surface area contributed by atoms with Gasteiger partial charge < -0.3 is 10.4 Å². The predicted octanol–water partition coefficient (Wildman–Crippen LogP) is 1.15. The molecular formula is C12H12N4O3S2. The maximum atomic E-state index is 11.9. The van der Waals surface area contributed by atoms with E-state index in [1.807, 2.05) is 0 Å². The molecule has 0 spiro atoms. The van der Waals surface area contributed by atoms with Gasteiger partial charge in [-0.05, 0) is 6.07 Å². The van der Waals surface area contributed by atoms with Crippen LogP contribution in [0.15, 0.2) is 24.7 Å². The summed E-state index contributed by atoms with van der Waals surface area (Å²) in [6, 6.07) is 1.71. The molecule has 0 radical (unpaired) electrons. The van der Waals surface area contributed by atoms with Crippen LogP contribution in [-0.2, 0) is 4.79 Å². The van der Waals surface area contributed by atoms with Crippen molar-refractivity contribution in [2.24, 2.45) is 0 Å². The van der Waals surface area contributed by atoms with Crippen molar-refractivity contribution in [2.45, 2.75) is 0 Å². The minimum absolute atomic E-state index is 0.0337. The highest BCUT2D eigenvalue weighted by atomic mass is 32.2. The van der Waals surface area contributed by atoms with Crippen LogP contribution in [0.3, 0.4) is 0 Å². The van der Waals surface area contributed by atoms with Gasteiger partial charge in [0.2, 0.25) is 0 Å². The van der Waals surface area contributed by atoms with E-state index in [-0.39, 0.29) is 11.7 Å². The van der Waals surface area contributed by atoms with Gasteiger partial charge in [-0.3, -0.25) is 9.59 Å². The number of hydrogen-bond donors (Lipinski definition) is 2. The molecule has 0 saturated heterocycles. The number of rotatable bonds is 7. The maximum Gasteiger partial charge on any atom is 0.313 e. The second kappa shape index (κ2) is 7.70. The van der Waals surface area contributed by atoms with Crippen LogP contribution in [0.2, 0.25) is 0 Å². The molecule has 0 atom stereocenters. The highest BCUT2D eigenvalue weighted by Crippen LogP contribution is 2.21. The Morgan fingerprint density at radius 1 is 1.29 bits per heavy atom. The first-order valence-electron chi connectivity index (χ1n) is 5.98. The molecular weight excluding hydrogens is 312 g/mol. The zero-order valence-corrected chi connectivity index (χ0v) is 12.5. The van der Waals surface area contributed by atoms with Crippen molar-refractivity contribution < 1.29 is 14.7 Å². The predicted molar refractivity (Wildman–Crippen MR) is 80.4 cm³/mol. The molecule has 2 heterocycles. The van der Waals surface area contributed by atoms with Crippen LogP contribution in [0, 0.1) is 0 Å². The minimum Gasteiger partial charge on any atom is -0.481 e. The van der Waals surface area contributed by atoms with Crippen molar-refractivity contribution in [3.05, 3.63) is 29.5 Å². The molecule has 0 aliphatic heterocycles. The summed E-state index contributed by atoms with van der Waals surface area (Å²) >= 11 is 2.47. The van der Waals surface area contributed by atoms with Gasteiger partial charge in [0.15, 0.2) is 10.8 Å². The fraction of sp³-hybridized carbons (Fsp3) is 0.250. The number of amides is 1. The van der Waals surface area contributed by atoms with Crippen molar-refractivity contribution >= 4 is 35.0 Å². The topological polar surface area (TPSA) is 105 Å². The highest BCUT2D eigenvalue weighted by molar-refractivity contribution is 7.99. The fourth-order valence-corrected chi connectivity index (χ4v) is 2.72. The van der Waals surface area contributed by atoms with E-state index in [2.05, 4.69) is 20.3 Å². The van der Waals surface area contributed by atoms with Crippen LogP contribution in [-0.4, -0.2) is 50.0 Å². The van der Waals surface area contributed by atoms with Gasteiger partial charge in [0.1, 0.15) is 4.88 Å².